The Morgan fingerprint density at radius 2 is 1.94 bits per heavy atom. The van der Waals surface area contributed by atoms with Crippen LogP contribution in [0.3, 0.4) is 0 Å². The summed E-state index contributed by atoms with van der Waals surface area (Å²) in [6, 6.07) is 3.80. The Hall–Kier alpha value is -2.02. The fourth-order valence-electron chi connectivity index (χ4n) is 3.88. The van der Waals surface area contributed by atoms with Gasteiger partial charge in [-0.25, -0.2) is 21.6 Å². The lowest BCUT2D eigenvalue weighted by Crippen LogP contribution is -2.43. The number of sulfonamides is 1. The molecule has 2 aliphatic heterocycles. The molecular formula is C20H28N2O8S2. The monoisotopic (exact) mass is 488 g/mol. The zero-order chi connectivity index (χ0) is 23.5. The first-order valence-corrected chi connectivity index (χ1v) is 13.7. The first-order chi connectivity index (χ1) is 15.0. The molecule has 0 spiro atoms. The van der Waals surface area contributed by atoms with Gasteiger partial charge in [0, 0.05) is 25.7 Å². The molecule has 32 heavy (non-hydrogen) atoms. The van der Waals surface area contributed by atoms with E-state index in [4.69, 9.17) is 9.47 Å². The number of benzene rings is 1. The molecule has 1 amide bonds. The maximum Gasteiger partial charge on any atom is 0.338 e. The molecule has 0 bridgehead atoms. The number of carbonyl (C=O) groups is 2. The van der Waals surface area contributed by atoms with Gasteiger partial charge in [-0.3, -0.25) is 4.79 Å². The molecule has 0 unspecified atom stereocenters. The highest BCUT2D eigenvalue weighted by atomic mass is 32.2. The molecule has 1 aromatic carbocycles. The van der Waals surface area contributed by atoms with E-state index in [1.165, 1.54) is 27.4 Å². The van der Waals surface area contributed by atoms with Crippen molar-refractivity contribution in [2.75, 3.05) is 51.0 Å². The minimum absolute atomic E-state index is 0.00604. The van der Waals surface area contributed by atoms with Gasteiger partial charge in [-0.1, -0.05) is 6.07 Å². The number of rotatable bonds is 7. The van der Waals surface area contributed by atoms with Crippen molar-refractivity contribution in [1.82, 2.24) is 9.21 Å². The predicted octanol–water partition coefficient (Wildman–Crippen LogP) is 0.208. The molecule has 0 radical (unpaired) electrons. The van der Waals surface area contributed by atoms with Crippen LogP contribution in [0.2, 0.25) is 0 Å². The third kappa shape index (κ3) is 5.48. The standard InChI is InChI=1S/C20H28N2O8S2/c1-3-22(17-6-11-31(25,26)14-17)19(23)13-30-20(24)16-5-4-15(2)18(12-16)32(27,28)21-7-9-29-10-8-21/h4-5,12,17H,3,6-11,13-14H2,1-2H3/t17-/m1/s1. The van der Waals surface area contributed by atoms with Gasteiger partial charge in [-0.2, -0.15) is 4.31 Å². The highest BCUT2D eigenvalue weighted by molar-refractivity contribution is 7.91. The zero-order valence-corrected chi connectivity index (χ0v) is 19.8. The molecule has 178 valence electrons. The maximum atomic E-state index is 13.0. The molecule has 10 nitrogen and oxygen atoms in total. The summed E-state index contributed by atoms with van der Waals surface area (Å²) in [5.41, 5.74) is 0.505. The van der Waals surface area contributed by atoms with Gasteiger partial charge >= 0.3 is 5.97 Å². The fraction of sp³-hybridized carbons (Fsp3) is 0.600. The van der Waals surface area contributed by atoms with Crippen molar-refractivity contribution in [2.24, 2.45) is 0 Å². The molecule has 0 N–H and O–H groups in total. The Morgan fingerprint density at radius 1 is 1.25 bits per heavy atom. The third-order valence-electron chi connectivity index (χ3n) is 5.65. The SMILES string of the molecule is CCN(C(=O)COC(=O)c1ccc(C)c(S(=O)(=O)N2CCOCC2)c1)[C@@H]1CCS(=O)(=O)C1. The van der Waals surface area contributed by atoms with Crippen LogP contribution >= 0.6 is 0 Å². The molecule has 2 aliphatic rings. The van der Waals surface area contributed by atoms with E-state index in [9.17, 15) is 26.4 Å². The summed E-state index contributed by atoms with van der Waals surface area (Å²) in [4.78, 5) is 26.5. The molecule has 1 atom stereocenters. The lowest BCUT2D eigenvalue weighted by atomic mass is 10.1. The Morgan fingerprint density at radius 3 is 2.53 bits per heavy atom. The van der Waals surface area contributed by atoms with Crippen LogP contribution in [0.1, 0.15) is 29.3 Å². The third-order valence-corrected chi connectivity index (χ3v) is 9.44. The van der Waals surface area contributed by atoms with Gasteiger partial charge in [0.25, 0.3) is 5.91 Å². The van der Waals surface area contributed by atoms with Crippen molar-refractivity contribution in [2.45, 2.75) is 31.2 Å². The summed E-state index contributed by atoms with van der Waals surface area (Å²) in [7, 11) is -6.97. The summed E-state index contributed by atoms with van der Waals surface area (Å²) < 4.78 is 61.0. The molecule has 3 rings (SSSR count). The second-order valence-electron chi connectivity index (χ2n) is 7.81. The van der Waals surface area contributed by atoms with Crippen molar-refractivity contribution >= 4 is 31.7 Å². The van der Waals surface area contributed by atoms with Gasteiger partial charge in [0.1, 0.15) is 0 Å². The molecule has 2 fully saturated rings. The van der Waals surface area contributed by atoms with Gasteiger partial charge < -0.3 is 14.4 Å². The van der Waals surface area contributed by atoms with Crippen molar-refractivity contribution < 1.29 is 35.9 Å². The molecule has 2 heterocycles. The smallest absolute Gasteiger partial charge is 0.338 e. The average molecular weight is 489 g/mol. The quantitative estimate of drug-likeness (QED) is 0.499. The van der Waals surface area contributed by atoms with Crippen LogP contribution in [0, 0.1) is 6.92 Å². The normalized spacial score (nSPS) is 21.2. The first-order valence-electron chi connectivity index (χ1n) is 10.4. The molecule has 12 heteroatoms. The number of amides is 1. The lowest BCUT2D eigenvalue weighted by molar-refractivity contribution is -0.136. The van der Waals surface area contributed by atoms with E-state index in [1.54, 1.807) is 13.8 Å². The van der Waals surface area contributed by atoms with Gasteiger partial charge in [0.05, 0.1) is 35.2 Å². The van der Waals surface area contributed by atoms with E-state index in [0.29, 0.717) is 31.7 Å². The van der Waals surface area contributed by atoms with E-state index in [2.05, 4.69) is 0 Å². The topological polar surface area (TPSA) is 127 Å². The Kier molecular flexibility index (Phi) is 7.58. The van der Waals surface area contributed by atoms with E-state index >= 15 is 0 Å². The fourth-order valence-corrected chi connectivity index (χ4v) is 7.27. The number of aryl methyl sites for hydroxylation is 1. The molecule has 1 aromatic rings. The van der Waals surface area contributed by atoms with Crippen LogP contribution in [0.5, 0.6) is 0 Å². The van der Waals surface area contributed by atoms with Crippen LogP contribution in [0.25, 0.3) is 0 Å². The van der Waals surface area contributed by atoms with Crippen molar-refractivity contribution in [3.63, 3.8) is 0 Å². The number of sulfone groups is 1. The zero-order valence-electron chi connectivity index (χ0n) is 18.2. The second-order valence-corrected chi connectivity index (χ2v) is 11.9. The Labute approximate surface area is 188 Å². The van der Waals surface area contributed by atoms with Crippen LogP contribution in [0.15, 0.2) is 23.1 Å². The number of hydrogen-bond acceptors (Lipinski definition) is 8. The summed E-state index contributed by atoms with van der Waals surface area (Å²) in [6.07, 6.45) is 0.358. The van der Waals surface area contributed by atoms with Gasteiger partial charge in [0.2, 0.25) is 10.0 Å². The number of ether oxygens (including phenoxy) is 2. The molecule has 2 saturated heterocycles. The number of nitrogens with zero attached hydrogens (tertiary/aromatic N) is 2. The maximum absolute atomic E-state index is 13.0. The summed E-state index contributed by atoms with van der Waals surface area (Å²) in [6.45, 7) is 4.18. The summed E-state index contributed by atoms with van der Waals surface area (Å²) in [5.74, 6) is -1.38. The van der Waals surface area contributed by atoms with Crippen LogP contribution in [-0.2, 0) is 34.1 Å². The Bertz CT molecular complexity index is 1080. The Balaban J connectivity index is 1.69. The second kappa shape index (κ2) is 9.86. The van der Waals surface area contributed by atoms with E-state index in [1.807, 2.05) is 0 Å². The van der Waals surface area contributed by atoms with Crippen LogP contribution in [-0.4, -0.2) is 94.9 Å². The minimum atomic E-state index is -3.81. The van der Waals surface area contributed by atoms with Crippen molar-refractivity contribution in [3.05, 3.63) is 29.3 Å². The number of carbonyl (C=O) groups excluding carboxylic acids is 2. The summed E-state index contributed by atoms with van der Waals surface area (Å²) in [5, 5.41) is 0. The van der Waals surface area contributed by atoms with Crippen LogP contribution < -0.4 is 0 Å². The van der Waals surface area contributed by atoms with Gasteiger partial charge in [-0.15, -0.1) is 0 Å². The molecule has 0 saturated carbocycles. The van der Waals surface area contributed by atoms with Gasteiger partial charge in [-0.05, 0) is 38.0 Å². The largest absolute Gasteiger partial charge is 0.452 e. The van der Waals surface area contributed by atoms with Crippen molar-refractivity contribution in [1.29, 1.82) is 0 Å². The number of esters is 1. The molecule has 0 aliphatic carbocycles. The lowest BCUT2D eigenvalue weighted by Gasteiger charge is -2.27. The number of likely N-dealkylation sites (N-methyl/N-ethyl adjacent to an activating group) is 1. The van der Waals surface area contributed by atoms with Crippen molar-refractivity contribution in [3.8, 4) is 0 Å². The van der Waals surface area contributed by atoms with E-state index in [-0.39, 0.29) is 35.1 Å². The van der Waals surface area contributed by atoms with Crippen LogP contribution in [0.4, 0.5) is 0 Å². The van der Waals surface area contributed by atoms with E-state index in [0.717, 1.165) is 0 Å². The number of hydrogen-bond donors (Lipinski definition) is 0. The highest BCUT2D eigenvalue weighted by Crippen LogP contribution is 2.23. The number of morpholine rings is 1. The first kappa shape index (κ1) is 24.6. The molecule has 0 aromatic heterocycles. The molecular weight excluding hydrogens is 460 g/mol. The summed E-state index contributed by atoms with van der Waals surface area (Å²) >= 11 is 0. The minimum Gasteiger partial charge on any atom is -0.452 e. The average Bonchev–Trinajstić information content (AvgIpc) is 3.12. The highest BCUT2D eigenvalue weighted by Gasteiger charge is 2.34. The van der Waals surface area contributed by atoms with Gasteiger partial charge in [0.15, 0.2) is 16.4 Å². The van der Waals surface area contributed by atoms with E-state index < -0.39 is 44.4 Å². The predicted molar refractivity (Wildman–Crippen MR) is 115 cm³/mol.